The summed E-state index contributed by atoms with van der Waals surface area (Å²) in [5.41, 5.74) is 7.38. The van der Waals surface area contributed by atoms with Crippen molar-refractivity contribution in [3.63, 3.8) is 0 Å². The van der Waals surface area contributed by atoms with Crippen LogP contribution in [0.2, 0.25) is 0 Å². The van der Waals surface area contributed by atoms with E-state index in [1.165, 1.54) is 0 Å². The number of aromatic nitrogens is 2. The maximum atomic E-state index is 7.77. The number of thioether (sulfide) groups is 1. The Balaban J connectivity index is 2.71. The van der Waals surface area contributed by atoms with E-state index in [1.807, 2.05) is 29.0 Å². The molecule has 0 saturated carbocycles. The lowest BCUT2D eigenvalue weighted by Crippen LogP contribution is -2.16. The van der Waals surface area contributed by atoms with Crippen molar-refractivity contribution in [2.24, 2.45) is 5.73 Å². The average molecular weight is 484 g/mol. The van der Waals surface area contributed by atoms with Crippen molar-refractivity contribution in [1.29, 1.82) is 5.41 Å². The second-order valence-electron chi connectivity index (χ2n) is 3.46. The molecule has 1 heterocycles. The molecule has 0 aliphatic carbocycles. The lowest BCUT2D eigenvalue weighted by molar-refractivity contribution is 1.01. The molecule has 0 amide bonds. The predicted molar refractivity (Wildman–Crippen MR) is 91.8 cm³/mol. The molecule has 4 nitrogen and oxygen atoms in total. The third-order valence-corrected chi connectivity index (χ3v) is 6.05. The first-order chi connectivity index (χ1) is 8.56. The molecule has 0 atom stereocenters. The molecule has 0 spiro atoms. The highest BCUT2D eigenvalue weighted by molar-refractivity contribution is 14.1. The molecule has 0 aliphatic rings. The fraction of sp³-hybridized carbons (Fsp3) is 0.0909. The number of amidine groups is 1. The standard InChI is InChI=1S/C11H10I2N4S/c1-18-7-4-2-3-6(8(7)11(14)15)17-5-16-9(12)10(17)13/h2-5H,1H3,(H3,14,15). The summed E-state index contributed by atoms with van der Waals surface area (Å²) in [4.78, 5) is 5.27. The molecule has 7 heteroatoms. The van der Waals surface area contributed by atoms with Gasteiger partial charge in [-0.25, -0.2) is 4.98 Å². The van der Waals surface area contributed by atoms with Gasteiger partial charge in [0, 0.05) is 4.90 Å². The summed E-state index contributed by atoms with van der Waals surface area (Å²) in [7, 11) is 0. The van der Waals surface area contributed by atoms with Gasteiger partial charge in [0.1, 0.15) is 19.6 Å². The van der Waals surface area contributed by atoms with Crippen LogP contribution in [-0.2, 0) is 0 Å². The fourth-order valence-electron chi connectivity index (χ4n) is 1.64. The van der Waals surface area contributed by atoms with E-state index in [1.54, 1.807) is 18.1 Å². The van der Waals surface area contributed by atoms with Crippen LogP contribution in [0.5, 0.6) is 0 Å². The molecule has 3 N–H and O–H groups in total. The number of hydrogen-bond donors (Lipinski definition) is 2. The molecule has 0 radical (unpaired) electrons. The third-order valence-electron chi connectivity index (χ3n) is 2.42. The first kappa shape index (κ1) is 14.1. The summed E-state index contributed by atoms with van der Waals surface area (Å²) >= 11 is 6.02. The number of nitrogen functional groups attached to an aromatic ring is 1. The molecule has 1 aromatic heterocycles. The number of hydrogen-bond acceptors (Lipinski definition) is 3. The maximum absolute atomic E-state index is 7.77. The van der Waals surface area contributed by atoms with Crippen molar-refractivity contribution in [2.75, 3.05) is 6.26 Å². The molecule has 94 valence electrons. The Morgan fingerprint density at radius 2 is 2.17 bits per heavy atom. The van der Waals surface area contributed by atoms with Crippen molar-refractivity contribution in [2.45, 2.75) is 4.90 Å². The molecule has 0 unspecified atom stereocenters. The van der Waals surface area contributed by atoms with Crippen LogP contribution in [0.4, 0.5) is 0 Å². The summed E-state index contributed by atoms with van der Waals surface area (Å²) in [6, 6.07) is 5.90. The van der Waals surface area contributed by atoms with E-state index in [2.05, 4.69) is 50.2 Å². The van der Waals surface area contributed by atoms with E-state index in [0.717, 1.165) is 23.5 Å². The Kier molecular flexibility index (Phi) is 4.54. The average Bonchev–Trinajstić information content (AvgIpc) is 2.69. The SMILES string of the molecule is CSc1cccc(-n2cnc(I)c2I)c1C(=N)N. The van der Waals surface area contributed by atoms with Crippen LogP contribution < -0.4 is 5.73 Å². The molecule has 0 saturated heterocycles. The molecule has 1 aromatic carbocycles. The minimum Gasteiger partial charge on any atom is -0.384 e. The zero-order valence-electron chi connectivity index (χ0n) is 9.45. The third kappa shape index (κ3) is 2.52. The van der Waals surface area contributed by atoms with Gasteiger partial charge in [0.15, 0.2) is 0 Å². The van der Waals surface area contributed by atoms with Gasteiger partial charge in [-0.2, -0.15) is 0 Å². The number of halogens is 2. The largest absolute Gasteiger partial charge is 0.384 e. The highest BCUT2D eigenvalue weighted by Gasteiger charge is 2.15. The molecule has 0 aliphatic heterocycles. The number of nitrogens with one attached hydrogen (secondary N) is 1. The molecule has 0 fully saturated rings. The van der Waals surface area contributed by atoms with Gasteiger partial charge in [-0.3, -0.25) is 9.98 Å². The second kappa shape index (κ2) is 5.78. The minimum atomic E-state index is 0.0782. The van der Waals surface area contributed by atoms with Crippen LogP contribution in [0.25, 0.3) is 5.69 Å². The topological polar surface area (TPSA) is 67.7 Å². The van der Waals surface area contributed by atoms with E-state index in [9.17, 15) is 0 Å². The number of imidazole rings is 1. The first-order valence-corrected chi connectivity index (χ1v) is 8.34. The van der Waals surface area contributed by atoms with E-state index >= 15 is 0 Å². The Morgan fingerprint density at radius 3 is 2.67 bits per heavy atom. The molecule has 0 bridgehead atoms. The van der Waals surface area contributed by atoms with Gasteiger partial charge in [0.2, 0.25) is 0 Å². The van der Waals surface area contributed by atoms with Gasteiger partial charge in [0.05, 0.1) is 11.3 Å². The summed E-state index contributed by atoms with van der Waals surface area (Å²) in [6.45, 7) is 0. The van der Waals surface area contributed by atoms with Gasteiger partial charge < -0.3 is 5.73 Å². The van der Waals surface area contributed by atoms with Gasteiger partial charge >= 0.3 is 0 Å². The highest BCUT2D eigenvalue weighted by Crippen LogP contribution is 2.28. The number of benzene rings is 1. The van der Waals surface area contributed by atoms with Crippen LogP contribution in [0.1, 0.15) is 5.56 Å². The number of nitrogens with two attached hydrogens (primary N) is 1. The summed E-state index contributed by atoms with van der Waals surface area (Å²) < 4.78 is 3.92. The summed E-state index contributed by atoms with van der Waals surface area (Å²) in [6.07, 6.45) is 3.74. The fourth-order valence-corrected chi connectivity index (χ4v) is 3.18. The van der Waals surface area contributed by atoms with Crippen molar-refractivity contribution in [1.82, 2.24) is 9.55 Å². The summed E-state index contributed by atoms with van der Waals surface area (Å²) in [5, 5.41) is 7.77. The van der Waals surface area contributed by atoms with Crippen LogP contribution >= 0.6 is 56.9 Å². The van der Waals surface area contributed by atoms with Crippen LogP contribution in [0.3, 0.4) is 0 Å². The Morgan fingerprint density at radius 1 is 1.44 bits per heavy atom. The summed E-state index contributed by atoms with van der Waals surface area (Å²) in [5.74, 6) is 0.0782. The molecular weight excluding hydrogens is 474 g/mol. The van der Waals surface area contributed by atoms with Crippen LogP contribution in [0.15, 0.2) is 29.4 Å². The normalized spacial score (nSPS) is 10.6. The molecule has 18 heavy (non-hydrogen) atoms. The monoisotopic (exact) mass is 484 g/mol. The lowest BCUT2D eigenvalue weighted by Gasteiger charge is -2.13. The quantitative estimate of drug-likeness (QED) is 0.305. The highest BCUT2D eigenvalue weighted by atomic mass is 127. The first-order valence-electron chi connectivity index (χ1n) is 4.96. The molecular formula is C11H10I2N4S. The maximum Gasteiger partial charge on any atom is 0.133 e. The number of nitrogens with zero attached hydrogens (tertiary/aromatic N) is 2. The van der Waals surface area contributed by atoms with Crippen molar-refractivity contribution >= 4 is 62.8 Å². The Labute approximate surface area is 137 Å². The van der Waals surface area contributed by atoms with E-state index in [4.69, 9.17) is 11.1 Å². The Bertz CT molecular complexity index is 609. The van der Waals surface area contributed by atoms with Crippen molar-refractivity contribution in [3.05, 3.63) is 37.5 Å². The lowest BCUT2D eigenvalue weighted by atomic mass is 10.1. The van der Waals surface area contributed by atoms with Crippen LogP contribution in [-0.4, -0.2) is 21.6 Å². The zero-order chi connectivity index (χ0) is 13.3. The second-order valence-corrected chi connectivity index (χ2v) is 6.36. The number of rotatable bonds is 3. The van der Waals surface area contributed by atoms with Crippen molar-refractivity contribution in [3.8, 4) is 5.69 Å². The van der Waals surface area contributed by atoms with E-state index in [-0.39, 0.29) is 5.84 Å². The predicted octanol–water partition coefficient (Wildman–Crippen LogP) is 3.09. The van der Waals surface area contributed by atoms with E-state index < -0.39 is 0 Å². The van der Waals surface area contributed by atoms with Gasteiger partial charge in [-0.05, 0) is 63.6 Å². The zero-order valence-corrected chi connectivity index (χ0v) is 14.6. The van der Waals surface area contributed by atoms with Crippen LogP contribution in [0, 0.1) is 12.8 Å². The molecule has 2 aromatic rings. The van der Waals surface area contributed by atoms with Gasteiger partial charge in [-0.1, -0.05) is 6.07 Å². The minimum absolute atomic E-state index is 0.0782. The van der Waals surface area contributed by atoms with Gasteiger partial charge in [0.25, 0.3) is 0 Å². The van der Waals surface area contributed by atoms with E-state index in [0.29, 0.717) is 0 Å². The smallest absolute Gasteiger partial charge is 0.133 e. The Hall–Kier alpha value is -0.290. The van der Waals surface area contributed by atoms with Crippen molar-refractivity contribution < 1.29 is 0 Å². The van der Waals surface area contributed by atoms with Gasteiger partial charge in [-0.15, -0.1) is 11.8 Å². The molecule has 2 rings (SSSR count).